The number of nitrogens with one attached hydrogen (secondary N) is 1. The molecule has 2 nitrogen and oxygen atoms in total. The minimum atomic E-state index is 0.598. The van der Waals surface area contributed by atoms with Crippen LogP contribution >= 0.6 is 12.2 Å². The second kappa shape index (κ2) is 5.72. The Kier molecular flexibility index (Phi) is 3.97. The molecular weight excluding hydrogens is 264 g/mol. The van der Waals surface area contributed by atoms with E-state index in [0.29, 0.717) is 18.0 Å². The van der Waals surface area contributed by atoms with Crippen molar-refractivity contribution in [1.29, 1.82) is 0 Å². The van der Waals surface area contributed by atoms with E-state index < -0.39 is 0 Å². The zero-order valence-corrected chi connectivity index (χ0v) is 13.2. The van der Waals surface area contributed by atoms with Gasteiger partial charge in [0.25, 0.3) is 0 Å². The normalized spacial score (nSPS) is 18.1. The summed E-state index contributed by atoms with van der Waals surface area (Å²) >= 11 is 5.59. The van der Waals surface area contributed by atoms with Crippen LogP contribution in [0.15, 0.2) is 24.3 Å². The lowest BCUT2D eigenvalue weighted by Gasteiger charge is -2.26. The van der Waals surface area contributed by atoms with E-state index in [1.54, 1.807) is 0 Å². The summed E-state index contributed by atoms with van der Waals surface area (Å²) in [7, 11) is 0. The molecule has 0 unspecified atom stereocenters. The lowest BCUT2D eigenvalue weighted by molar-refractivity contribution is 0.395. The molecule has 1 N–H and O–H groups in total. The van der Waals surface area contributed by atoms with Crippen LogP contribution in [0, 0.1) is 0 Å². The molecule has 2 saturated carbocycles. The van der Waals surface area contributed by atoms with E-state index in [9.17, 15) is 0 Å². The Bertz CT molecular complexity index is 472. The van der Waals surface area contributed by atoms with Crippen molar-refractivity contribution in [3.05, 3.63) is 35.4 Å². The first-order valence-corrected chi connectivity index (χ1v) is 8.20. The summed E-state index contributed by atoms with van der Waals surface area (Å²) in [4.78, 5) is 2.39. The Morgan fingerprint density at radius 3 is 2.35 bits per heavy atom. The molecule has 108 valence electrons. The van der Waals surface area contributed by atoms with Crippen molar-refractivity contribution in [1.82, 2.24) is 10.2 Å². The average Bonchev–Trinajstić information content (AvgIpc) is 3.30. The summed E-state index contributed by atoms with van der Waals surface area (Å²) in [5.41, 5.74) is 2.77. The maximum atomic E-state index is 5.59. The van der Waals surface area contributed by atoms with E-state index in [2.05, 4.69) is 48.3 Å². The molecule has 1 aromatic carbocycles. The van der Waals surface area contributed by atoms with Crippen molar-refractivity contribution < 1.29 is 0 Å². The molecule has 0 bridgehead atoms. The summed E-state index contributed by atoms with van der Waals surface area (Å²) in [6.07, 6.45) is 5.14. The number of benzene rings is 1. The van der Waals surface area contributed by atoms with E-state index in [1.165, 1.54) is 36.8 Å². The minimum absolute atomic E-state index is 0.598. The zero-order chi connectivity index (χ0) is 14.1. The Labute approximate surface area is 127 Å². The standard InChI is InChI=1S/C17H24N2S/c1-12(2)14-5-3-13(4-6-14)11-19(16-9-10-16)17(20)18-15-7-8-15/h3-6,12,15-16H,7-11H2,1-2H3,(H,18,20). The number of thiocarbonyl (C=S) groups is 1. The van der Waals surface area contributed by atoms with Crippen LogP contribution in [0.5, 0.6) is 0 Å². The van der Waals surface area contributed by atoms with Gasteiger partial charge in [0.05, 0.1) is 0 Å². The average molecular weight is 288 g/mol. The van der Waals surface area contributed by atoms with Crippen molar-refractivity contribution in [2.24, 2.45) is 0 Å². The third-order valence-electron chi connectivity index (χ3n) is 4.15. The monoisotopic (exact) mass is 288 g/mol. The van der Waals surface area contributed by atoms with E-state index >= 15 is 0 Å². The first kappa shape index (κ1) is 13.9. The smallest absolute Gasteiger partial charge is 0.169 e. The van der Waals surface area contributed by atoms with Crippen molar-refractivity contribution in [2.45, 2.75) is 64.1 Å². The van der Waals surface area contributed by atoms with E-state index in [0.717, 1.165) is 11.7 Å². The number of hydrogen-bond acceptors (Lipinski definition) is 1. The maximum absolute atomic E-state index is 5.59. The molecule has 0 aliphatic heterocycles. The predicted molar refractivity (Wildman–Crippen MR) is 87.9 cm³/mol. The lowest BCUT2D eigenvalue weighted by Crippen LogP contribution is -2.41. The molecule has 0 aromatic heterocycles. The first-order chi connectivity index (χ1) is 9.63. The van der Waals surface area contributed by atoms with Crippen LogP contribution in [0.2, 0.25) is 0 Å². The van der Waals surface area contributed by atoms with Gasteiger partial charge in [0.1, 0.15) is 0 Å². The molecule has 0 spiro atoms. The van der Waals surface area contributed by atoms with Crippen LogP contribution in [-0.2, 0) is 6.54 Å². The van der Waals surface area contributed by atoms with Crippen LogP contribution in [-0.4, -0.2) is 22.1 Å². The van der Waals surface area contributed by atoms with Crippen molar-refractivity contribution >= 4 is 17.3 Å². The topological polar surface area (TPSA) is 15.3 Å². The zero-order valence-electron chi connectivity index (χ0n) is 12.4. The number of hydrogen-bond donors (Lipinski definition) is 1. The predicted octanol–water partition coefficient (Wildman–Crippen LogP) is 3.81. The molecule has 2 fully saturated rings. The van der Waals surface area contributed by atoms with Gasteiger partial charge < -0.3 is 10.2 Å². The molecule has 20 heavy (non-hydrogen) atoms. The molecule has 2 aliphatic carbocycles. The number of nitrogens with zero attached hydrogens (tertiary/aromatic N) is 1. The minimum Gasteiger partial charge on any atom is -0.360 e. The summed E-state index contributed by atoms with van der Waals surface area (Å²) < 4.78 is 0. The fourth-order valence-corrected chi connectivity index (χ4v) is 2.82. The van der Waals surface area contributed by atoms with Gasteiger partial charge in [-0.1, -0.05) is 38.1 Å². The molecule has 0 amide bonds. The van der Waals surface area contributed by atoms with Gasteiger partial charge in [-0.2, -0.15) is 0 Å². The molecule has 1 aromatic rings. The van der Waals surface area contributed by atoms with E-state index in [1.807, 2.05) is 0 Å². The van der Waals surface area contributed by atoms with Crippen LogP contribution in [0.4, 0.5) is 0 Å². The Hall–Kier alpha value is -1.09. The second-order valence-corrected chi connectivity index (χ2v) is 6.87. The van der Waals surface area contributed by atoms with Gasteiger partial charge in [0.2, 0.25) is 0 Å². The highest BCUT2D eigenvalue weighted by atomic mass is 32.1. The fraction of sp³-hybridized carbons (Fsp3) is 0.588. The Balaban J connectivity index is 1.64. The third kappa shape index (κ3) is 3.51. The van der Waals surface area contributed by atoms with Crippen LogP contribution in [0.3, 0.4) is 0 Å². The van der Waals surface area contributed by atoms with Crippen LogP contribution in [0.1, 0.15) is 56.6 Å². The van der Waals surface area contributed by atoms with Gasteiger partial charge in [-0.25, -0.2) is 0 Å². The molecule has 3 rings (SSSR count). The Morgan fingerprint density at radius 2 is 1.85 bits per heavy atom. The molecule has 2 aliphatic rings. The largest absolute Gasteiger partial charge is 0.360 e. The van der Waals surface area contributed by atoms with Crippen molar-refractivity contribution in [3.8, 4) is 0 Å². The van der Waals surface area contributed by atoms with Crippen LogP contribution in [0.25, 0.3) is 0 Å². The first-order valence-electron chi connectivity index (χ1n) is 7.79. The highest BCUT2D eigenvalue weighted by molar-refractivity contribution is 7.80. The summed E-state index contributed by atoms with van der Waals surface area (Å²) in [6.45, 7) is 5.42. The summed E-state index contributed by atoms with van der Waals surface area (Å²) in [5.74, 6) is 0.598. The van der Waals surface area contributed by atoms with E-state index in [4.69, 9.17) is 12.2 Å². The second-order valence-electron chi connectivity index (χ2n) is 6.48. The van der Waals surface area contributed by atoms with Gasteiger partial charge in [-0.15, -0.1) is 0 Å². The van der Waals surface area contributed by atoms with Gasteiger partial charge in [0, 0.05) is 18.6 Å². The van der Waals surface area contributed by atoms with Gasteiger partial charge >= 0.3 is 0 Å². The molecule has 0 radical (unpaired) electrons. The van der Waals surface area contributed by atoms with Crippen molar-refractivity contribution in [2.75, 3.05) is 0 Å². The lowest BCUT2D eigenvalue weighted by atomic mass is 10.0. The highest BCUT2D eigenvalue weighted by Crippen LogP contribution is 2.30. The molecule has 0 saturated heterocycles. The summed E-state index contributed by atoms with van der Waals surface area (Å²) in [5, 5.41) is 4.44. The number of rotatable bonds is 5. The third-order valence-corrected chi connectivity index (χ3v) is 4.51. The molecule has 0 atom stereocenters. The van der Waals surface area contributed by atoms with Gasteiger partial charge in [0.15, 0.2) is 5.11 Å². The highest BCUT2D eigenvalue weighted by Gasteiger charge is 2.32. The van der Waals surface area contributed by atoms with Gasteiger partial charge in [-0.3, -0.25) is 0 Å². The molecular formula is C17H24N2S. The van der Waals surface area contributed by atoms with Crippen LogP contribution < -0.4 is 5.32 Å². The van der Waals surface area contributed by atoms with E-state index in [-0.39, 0.29) is 0 Å². The SMILES string of the molecule is CC(C)c1ccc(CN(C(=S)NC2CC2)C2CC2)cc1. The molecule has 3 heteroatoms. The van der Waals surface area contributed by atoms with Crippen molar-refractivity contribution in [3.63, 3.8) is 0 Å². The Morgan fingerprint density at radius 1 is 1.20 bits per heavy atom. The maximum Gasteiger partial charge on any atom is 0.169 e. The van der Waals surface area contributed by atoms with Gasteiger partial charge in [-0.05, 0) is 54.9 Å². The molecule has 0 heterocycles. The quantitative estimate of drug-likeness (QED) is 0.829. The summed E-state index contributed by atoms with van der Waals surface area (Å²) in [6, 6.07) is 10.3. The fourth-order valence-electron chi connectivity index (χ4n) is 2.44.